The minimum Gasteiger partial charge on any atom is -0.490 e. The van der Waals surface area contributed by atoms with Gasteiger partial charge in [-0.3, -0.25) is 9.11 Å². The first-order valence-corrected chi connectivity index (χ1v) is 14.8. The number of aromatic nitrogens is 3. The van der Waals surface area contributed by atoms with Gasteiger partial charge >= 0.3 is 0 Å². The molecule has 0 aliphatic carbocycles. The van der Waals surface area contributed by atoms with Crippen LogP contribution < -0.4 is 15.0 Å². The van der Waals surface area contributed by atoms with Crippen LogP contribution in [-0.4, -0.2) is 87.1 Å². The highest BCUT2D eigenvalue weighted by Crippen LogP contribution is 2.28. The molecule has 0 saturated carbocycles. The molecule has 6 rings (SSSR count). The largest absolute Gasteiger partial charge is 0.490 e. The fourth-order valence-electron chi connectivity index (χ4n) is 5.15. The summed E-state index contributed by atoms with van der Waals surface area (Å²) in [5.74, 6) is 3.42. The molecule has 38 heavy (non-hydrogen) atoms. The Bertz CT molecular complexity index is 1270. The molecule has 1 aromatic heterocycles. The van der Waals surface area contributed by atoms with Gasteiger partial charge in [0.2, 0.25) is 5.95 Å². The first-order valence-electron chi connectivity index (χ1n) is 13.4. The third kappa shape index (κ3) is 5.82. The number of rotatable bonds is 7. The Kier molecular flexibility index (Phi) is 7.53. The molecule has 3 aliphatic heterocycles. The summed E-state index contributed by atoms with van der Waals surface area (Å²) < 4.78 is 23.2. The van der Waals surface area contributed by atoms with Crippen molar-refractivity contribution in [3.05, 3.63) is 54.4 Å². The molecule has 9 nitrogen and oxygen atoms in total. The van der Waals surface area contributed by atoms with E-state index in [0.717, 1.165) is 86.3 Å². The van der Waals surface area contributed by atoms with Crippen LogP contribution in [0, 0.1) is 6.92 Å². The lowest BCUT2D eigenvalue weighted by atomic mass is 10.1. The van der Waals surface area contributed by atoms with Gasteiger partial charge in [0, 0.05) is 65.4 Å². The highest BCUT2D eigenvalue weighted by molar-refractivity contribution is 7.85. The molecule has 0 atom stereocenters. The molecule has 4 heterocycles. The summed E-state index contributed by atoms with van der Waals surface area (Å²) in [7, 11) is -0.690. The summed E-state index contributed by atoms with van der Waals surface area (Å²) in [5.41, 5.74) is 4.11. The van der Waals surface area contributed by atoms with Crippen molar-refractivity contribution in [1.82, 2.24) is 19.9 Å². The molecule has 1 N–H and O–H groups in total. The number of aryl methyl sites for hydroxylation is 1. The van der Waals surface area contributed by atoms with Gasteiger partial charge in [-0.15, -0.1) is 0 Å². The molecule has 2 aromatic carbocycles. The van der Waals surface area contributed by atoms with Crippen LogP contribution in [0.1, 0.15) is 18.4 Å². The maximum absolute atomic E-state index is 11.6. The summed E-state index contributed by atoms with van der Waals surface area (Å²) in [5, 5.41) is 3.31. The van der Waals surface area contributed by atoms with E-state index in [1.807, 2.05) is 25.1 Å². The molecule has 3 aromatic rings. The van der Waals surface area contributed by atoms with Gasteiger partial charge in [-0.05, 0) is 67.8 Å². The zero-order valence-corrected chi connectivity index (χ0v) is 22.5. The van der Waals surface area contributed by atoms with E-state index in [2.05, 4.69) is 54.3 Å². The van der Waals surface area contributed by atoms with Crippen molar-refractivity contribution >= 4 is 28.1 Å². The maximum atomic E-state index is 11.6. The summed E-state index contributed by atoms with van der Waals surface area (Å²) in [6, 6.07) is 15.1. The Labute approximate surface area is 226 Å². The average Bonchev–Trinajstić information content (AvgIpc) is 2.91. The van der Waals surface area contributed by atoms with Gasteiger partial charge in [-0.1, -0.05) is 0 Å². The molecule has 0 unspecified atom stereocenters. The molecular formula is C28H34N6O3S. The highest BCUT2D eigenvalue weighted by atomic mass is 32.2. The molecule has 0 spiro atoms. The topological polar surface area (TPSA) is 92.7 Å². The molecule has 10 heteroatoms. The van der Waals surface area contributed by atoms with E-state index in [1.54, 1.807) is 0 Å². The minimum atomic E-state index is -0.690. The van der Waals surface area contributed by atoms with Crippen molar-refractivity contribution in [1.29, 1.82) is 0 Å². The zero-order chi connectivity index (χ0) is 25.9. The van der Waals surface area contributed by atoms with E-state index < -0.39 is 10.8 Å². The van der Waals surface area contributed by atoms with Crippen molar-refractivity contribution in [2.45, 2.75) is 31.9 Å². The molecule has 0 amide bonds. The van der Waals surface area contributed by atoms with E-state index in [-0.39, 0.29) is 6.10 Å². The normalized spacial score (nSPS) is 22.6. The van der Waals surface area contributed by atoms with E-state index in [4.69, 9.17) is 9.47 Å². The second kappa shape index (κ2) is 11.3. The van der Waals surface area contributed by atoms with Crippen molar-refractivity contribution in [2.24, 2.45) is 0 Å². The number of ether oxygens (including phenoxy) is 2. The molecular weight excluding hydrogens is 500 g/mol. The van der Waals surface area contributed by atoms with E-state index in [1.165, 1.54) is 12.0 Å². The number of anilines is 3. The fourth-order valence-corrected chi connectivity index (χ4v) is 6.41. The molecule has 0 bridgehead atoms. The van der Waals surface area contributed by atoms with Gasteiger partial charge in [0.05, 0.1) is 19.3 Å². The van der Waals surface area contributed by atoms with Gasteiger partial charge < -0.3 is 19.7 Å². The zero-order valence-electron chi connectivity index (χ0n) is 21.7. The highest BCUT2D eigenvalue weighted by Gasteiger charge is 2.28. The smallest absolute Gasteiger partial charge is 0.230 e. The lowest BCUT2D eigenvalue weighted by Crippen LogP contribution is -2.56. The van der Waals surface area contributed by atoms with Crippen molar-refractivity contribution < 1.29 is 13.7 Å². The van der Waals surface area contributed by atoms with Gasteiger partial charge in [0.15, 0.2) is 5.82 Å². The van der Waals surface area contributed by atoms with Gasteiger partial charge in [0.1, 0.15) is 18.2 Å². The van der Waals surface area contributed by atoms with Gasteiger partial charge in [-0.2, -0.15) is 4.98 Å². The van der Waals surface area contributed by atoms with Crippen molar-refractivity contribution in [2.75, 3.05) is 61.1 Å². The number of benzene rings is 2. The number of hydrogen-bond donors (Lipinski definition) is 1. The second-order valence-electron chi connectivity index (χ2n) is 10.2. The van der Waals surface area contributed by atoms with Crippen LogP contribution in [0.15, 0.2) is 48.8 Å². The van der Waals surface area contributed by atoms with Crippen LogP contribution >= 0.6 is 0 Å². The predicted molar refractivity (Wildman–Crippen MR) is 150 cm³/mol. The standard InChI is InChI=1S/C28H34N6O3S/c1-20-16-21(2-7-26(20)37-25-8-14-38(35)15-9-25)27-29-19-30-28(32-27)31-22-3-5-23(6-4-22)33-10-12-34(13-11-33)24-17-36-18-24/h2-7,16,19,24-25H,8-15,17-18H2,1H3,(H,29,30,31,32). The van der Waals surface area contributed by atoms with Crippen LogP contribution in [0.5, 0.6) is 5.75 Å². The summed E-state index contributed by atoms with van der Waals surface area (Å²) in [4.78, 5) is 18.3. The van der Waals surface area contributed by atoms with Crippen LogP contribution in [-0.2, 0) is 15.5 Å². The van der Waals surface area contributed by atoms with E-state index in [9.17, 15) is 4.21 Å². The molecule has 0 radical (unpaired) electrons. The number of piperazine rings is 1. The summed E-state index contributed by atoms with van der Waals surface area (Å²) in [6.07, 6.45) is 3.34. The molecule has 3 aliphatic rings. The van der Waals surface area contributed by atoms with E-state index >= 15 is 0 Å². The fraction of sp³-hybridized carbons (Fsp3) is 0.464. The lowest BCUT2D eigenvalue weighted by Gasteiger charge is -2.43. The monoisotopic (exact) mass is 534 g/mol. The Morgan fingerprint density at radius 1 is 1.00 bits per heavy atom. The van der Waals surface area contributed by atoms with Crippen LogP contribution in [0.4, 0.5) is 17.3 Å². The first kappa shape index (κ1) is 25.2. The SMILES string of the molecule is Cc1cc(-c2ncnc(Nc3ccc(N4CCN(C5COC5)CC4)cc3)n2)ccc1OC1CCS(=O)CC1. The second-order valence-corrected chi connectivity index (χ2v) is 11.9. The average molecular weight is 535 g/mol. The predicted octanol–water partition coefficient (Wildman–Crippen LogP) is 3.40. The third-order valence-electron chi connectivity index (χ3n) is 7.57. The Hall–Kier alpha value is -3.08. The maximum Gasteiger partial charge on any atom is 0.230 e. The molecule has 200 valence electrons. The quantitative estimate of drug-likeness (QED) is 0.490. The minimum absolute atomic E-state index is 0.128. The number of nitrogens with zero attached hydrogens (tertiary/aromatic N) is 5. The number of hydrogen-bond acceptors (Lipinski definition) is 9. The first-order chi connectivity index (χ1) is 18.6. The van der Waals surface area contributed by atoms with Crippen molar-refractivity contribution in [3.63, 3.8) is 0 Å². The Balaban J connectivity index is 1.07. The number of nitrogens with one attached hydrogen (secondary N) is 1. The van der Waals surface area contributed by atoms with Crippen LogP contribution in [0.3, 0.4) is 0 Å². The van der Waals surface area contributed by atoms with Gasteiger partial charge in [-0.25, -0.2) is 9.97 Å². The van der Waals surface area contributed by atoms with Gasteiger partial charge in [0.25, 0.3) is 0 Å². The Morgan fingerprint density at radius 3 is 2.45 bits per heavy atom. The van der Waals surface area contributed by atoms with Crippen LogP contribution in [0.25, 0.3) is 11.4 Å². The lowest BCUT2D eigenvalue weighted by molar-refractivity contribution is -0.0660. The Morgan fingerprint density at radius 2 is 1.76 bits per heavy atom. The third-order valence-corrected chi connectivity index (χ3v) is 8.96. The van der Waals surface area contributed by atoms with Crippen molar-refractivity contribution in [3.8, 4) is 17.1 Å². The summed E-state index contributed by atoms with van der Waals surface area (Å²) in [6.45, 7) is 8.01. The summed E-state index contributed by atoms with van der Waals surface area (Å²) >= 11 is 0. The van der Waals surface area contributed by atoms with Crippen LogP contribution in [0.2, 0.25) is 0 Å². The molecule has 3 fully saturated rings. The van der Waals surface area contributed by atoms with E-state index in [0.29, 0.717) is 17.8 Å². The molecule has 3 saturated heterocycles.